The van der Waals surface area contributed by atoms with Crippen molar-refractivity contribution < 1.29 is 23.6 Å². The minimum atomic E-state index is -0.430. The lowest BCUT2D eigenvalue weighted by atomic mass is 9.94. The number of unbranched alkanes of at least 4 members (excludes halogenated alkanes) is 1. The first-order valence-corrected chi connectivity index (χ1v) is 11.5. The van der Waals surface area contributed by atoms with Crippen LogP contribution in [0.3, 0.4) is 0 Å². The van der Waals surface area contributed by atoms with Gasteiger partial charge in [-0.3, -0.25) is 24.1 Å². The van der Waals surface area contributed by atoms with Gasteiger partial charge in [-0.2, -0.15) is 0 Å². The fourth-order valence-electron chi connectivity index (χ4n) is 4.45. The van der Waals surface area contributed by atoms with Gasteiger partial charge in [-0.25, -0.2) is 0 Å². The second-order valence-electron chi connectivity index (χ2n) is 8.72. The predicted molar refractivity (Wildman–Crippen MR) is 121 cm³/mol. The number of carbonyl (C=O) groups is 4. The number of hydrogen-bond donors (Lipinski definition) is 0. The lowest BCUT2D eigenvalue weighted by molar-refractivity contribution is -0.135. The van der Waals surface area contributed by atoms with E-state index in [4.69, 9.17) is 4.42 Å². The zero-order valence-electron chi connectivity index (χ0n) is 19.1. The molecule has 2 aliphatic rings. The van der Waals surface area contributed by atoms with Gasteiger partial charge < -0.3 is 14.2 Å². The van der Waals surface area contributed by atoms with E-state index >= 15 is 0 Å². The largest absolute Gasteiger partial charge is 0.467 e. The van der Waals surface area contributed by atoms with Crippen molar-refractivity contribution in [3.05, 3.63) is 59.0 Å². The third kappa shape index (κ3) is 4.55. The summed E-state index contributed by atoms with van der Waals surface area (Å²) in [6, 6.07) is 8.05. The van der Waals surface area contributed by atoms with Crippen LogP contribution in [0.25, 0.3) is 0 Å². The molecule has 3 heterocycles. The molecule has 0 aliphatic carbocycles. The Morgan fingerprint density at radius 3 is 2.48 bits per heavy atom. The third-order valence-corrected chi connectivity index (χ3v) is 6.47. The topological polar surface area (TPSA) is 91.1 Å². The summed E-state index contributed by atoms with van der Waals surface area (Å²) in [5.41, 5.74) is 0.905. The Labute approximate surface area is 193 Å². The van der Waals surface area contributed by atoms with E-state index in [0.29, 0.717) is 42.8 Å². The highest BCUT2D eigenvalue weighted by molar-refractivity contribution is 6.22. The Balaban J connectivity index is 1.40. The molecule has 4 rings (SSSR count). The number of nitrogens with zero attached hydrogens (tertiary/aromatic N) is 3. The predicted octanol–water partition coefficient (Wildman–Crippen LogP) is 3.19. The van der Waals surface area contributed by atoms with Crippen molar-refractivity contribution >= 4 is 23.6 Å². The van der Waals surface area contributed by atoms with E-state index in [-0.39, 0.29) is 29.8 Å². The molecule has 1 fully saturated rings. The molecule has 0 bridgehead atoms. The number of amides is 4. The van der Waals surface area contributed by atoms with Crippen molar-refractivity contribution in [1.29, 1.82) is 0 Å². The monoisotopic (exact) mass is 451 g/mol. The van der Waals surface area contributed by atoms with Gasteiger partial charge in [0.05, 0.1) is 23.9 Å². The number of hydrogen-bond acceptors (Lipinski definition) is 5. The first-order valence-electron chi connectivity index (χ1n) is 11.5. The average Bonchev–Trinajstić information content (AvgIpc) is 3.44. The standard InChI is InChI=1S/C25H29N3O5/c1-3-4-11-26(2)22(29)17-9-12-27(13-10-17)23(30)18-7-8-20-21(15-18)25(32)28(24(20)31)16-19-6-5-14-33-19/h5-8,14-15,17H,3-4,9-13,16H2,1-2H3. The number of benzene rings is 1. The first kappa shape index (κ1) is 22.8. The summed E-state index contributed by atoms with van der Waals surface area (Å²) in [6.07, 6.45) is 4.77. The summed E-state index contributed by atoms with van der Waals surface area (Å²) >= 11 is 0. The molecule has 0 atom stereocenters. The molecule has 33 heavy (non-hydrogen) atoms. The zero-order valence-corrected chi connectivity index (χ0v) is 19.1. The van der Waals surface area contributed by atoms with Gasteiger partial charge >= 0.3 is 0 Å². The van der Waals surface area contributed by atoms with Crippen LogP contribution in [0.4, 0.5) is 0 Å². The molecule has 4 amide bonds. The minimum absolute atomic E-state index is 0.0525. The number of carbonyl (C=O) groups excluding carboxylic acids is 4. The number of rotatable bonds is 7. The van der Waals surface area contributed by atoms with Crippen molar-refractivity contribution in [2.75, 3.05) is 26.7 Å². The number of piperidine rings is 1. The van der Waals surface area contributed by atoms with Crippen molar-refractivity contribution in [2.45, 2.75) is 39.2 Å². The normalized spacial score (nSPS) is 16.3. The van der Waals surface area contributed by atoms with E-state index in [9.17, 15) is 19.2 Å². The maximum absolute atomic E-state index is 13.1. The fourth-order valence-corrected chi connectivity index (χ4v) is 4.45. The highest BCUT2D eigenvalue weighted by Crippen LogP contribution is 2.27. The second kappa shape index (κ2) is 9.60. The molecule has 0 spiro atoms. The van der Waals surface area contributed by atoms with Crippen molar-refractivity contribution in [3.8, 4) is 0 Å². The van der Waals surface area contributed by atoms with Gasteiger partial charge in [0.15, 0.2) is 0 Å². The summed E-state index contributed by atoms with van der Waals surface area (Å²) in [4.78, 5) is 55.9. The van der Waals surface area contributed by atoms with Crippen LogP contribution >= 0.6 is 0 Å². The van der Waals surface area contributed by atoms with Gasteiger partial charge in [0.25, 0.3) is 17.7 Å². The third-order valence-electron chi connectivity index (χ3n) is 6.47. The summed E-state index contributed by atoms with van der Waals surface area (Å²) < 4.78 is 5.26. The Morgan fingerprint density at radius 1 is 1.09 bits per heavy atom. The summed E-state index contributed by atoms with van der Waals surface area (Å²) in [5.74, 6) is -0.414. The van der Waals surface area contributed by atoms with Crippen LogP contribution in [-0.2, 0) is 11.3 Å². The maximum atomic E-state index is 13.1. The molecule has 0 N–H and O–H groups in total. The Hall–Kier alpha value is -3.42. The van der Waals surface area contributed by atoms with Crippen LogP contribution < -0.4 is 0 Å². The molecule has 0 unspecified atom stereocenters. The van der Waals surface area contributed by atoms with Gasteiger partial charge in [0.1, 0.15) is 5.76 Å². The SMILES string of the molecule is CCCCN(C)C(=O)C1CCN(C(=O)c2ccc3c(c2)C(=O)N(Cc2ccco2)C3=O)CC1. The second-order valence-corrected chi connectivity index (χ2v) is 8.72. The minimum Gasteiger partial charge on any atom is -0.467 e. The number of likely N-dealkylation sites (tertiary alicyclic amines) is 1. The van der Waals surface area contributed by atoms with E-state index in [1.807, 2.05) is 7.05 Å². The molecular formula is C25H29N3O5. The summed E-state index contributed by atoms with van der Waals surface area (Å²) in [7, 11) is 1.84. The van der Waals surface area contributed by atoms with Gasteiger partial charge in [-0.15, -0.1) is 0 Å². The van der Waals surface area contributed by atoms with E-state index in [0.717, 1.165) is 24.3 Å². The van der Waals surface area contributed by atoms with Crippen molar-refractivity contribution in [1.82, 2.24) is 14.7 Å². The molecule has 174 valence electrons. The molecule has 0 radical (unpaired) electrons. The molecule has 2 aromatic rings. The van der Waals surface area contributed by atoms with Gasteiger partial charge in [-0.1, -0.05) is 13.3 Å². The Kier molecular flexibility index (Phi) is 6.62. The number of furan rings is 1. The molecule has 8 nitrogen and oxygen atoms in total. The highest BCUT2D eigenvalue weighted by atomic mass is 16.3. The summed E-state index contributed by atoms with van der Waals surface area (Å²) in [5, 5.41) is 0. The molecule has 2 aliphatic heterocycles. The van der Waals surface area contributed by atoms with Crippen LogP contribution in [0, 0.1) is 5.92 Å². The Morgan fingerprint density at radius 2 is 1.82 bits per heavy atom. The lowest BCUT2D eigenvalue weighted by Crippen LogP contribution is -2.43. The van der Waals surface area contributed by atoms with Crippen LogP contribution in [0.5, 0.6) is 0 Å². The van der Waals surface area contributed by atoms with Gasteiger partial charge in [-0.05, 0) is 49.6 Å². The summed E-state index contributed by atoms with van der Waals surface area (Å²) in [6.45, 7) is 3.89. The van der Waals surface area contributed by atoms with E-state index < -0.39 is 11.8 Å². The highest BCUT2D eigenvalue weighted by Gasteiger charge is 2.37. The van der Waals surface area contributed by atoms with Crippen molar-refractivity contribution in [2.24, 2.45) is 5.92 Å². The maximum Gasteiger partial charge on any atom is 0.261 e. The number of imide groups is 1. The molecule has 0 saturated carbocycles. The van der Waals surface area contributed by atoms with Crippen molar-refractivity contribution in [3.63, 3.8) is 0 Å². The quantitative estimate of drug-likeness (QED) is 0.603. The van der Waals surface area contributed by atoms with E-state index in [1.165, 1.54) is 12.3 Å². The van der Waals surface area contributed by atoms with E-state index in [2.05, 4.69) is 6.92 Å². The molecule has 1 aromatic carbocycles. The van der Waals surface area contributed by atoms with Crippen LogP contribution in [-0.4, -0.2) is 65.0 Å². The molecule has 1 aromatic heterocycles. The Bertz CT molecular complexity index is 1050. The molecule has 1 saturated heterocycles. The zero-order chi connectivity index (χ0) is 23.5. The smallest absolute Gasteiger partial charge is 0.261 e. The van der Waals surface area contributed by atoms with Crippen LogP contribution in [0.2, 0.25) is 0 Å². The molecular weight excluding hydrogens is 422 g/mol. The first-order chi connectivity index (χ1) is 15.9. The lowest BCUT2D eigenvalue weighted by Gasteiger charge is -2.33. The average molecular weight is 452 g/mol. The van der Waals surface area contributed by atoms with Crippen LogP contribution in [0.1, 0.15) is 69.4 Å². The fraction of sp³-hybridized carbons (Fsp3) is 0.440. The van der Waals surface area contributed by atoms with E-state index in [1.54, 1.807) is 34.1 Å². The molecule has 8 heteroatoms. The van der Waals surface area contributed by atoms with Crippen LogP contribution in [0.15, 0.2) is 41.0 Å². The number of fused-ring (bicyclic) bond motifs is 1. The van der Waals surface area contributed by atoms with Gasteiger partial charge in [0, 0.05) is 38.2 Å². The van der Waals surface area contributed by atoms with Gasteiger partial charge in [0.2, 0.25) is 5.91 Å².